The fourth-order valence-electron chi connectivity index (χ4n) is 1.41. The SMILES string of the molecule is COc1ccc(CC2=NC(=O)OC2)cc1. The molecule has 0 N–H and O–H groups in total. The van der Waals surface area contributed by atoms with Gasteiger partial charge in [0, 0.05) is 6.42 Å². The highest BCUT2D eigenvalue weighted by Gasteiger charge is 2.14. The molecule has 1 amide bonds. The molecule has 78 valence electrons. The van der Waals surface area contributed by atoms with E-state index in [1.165, 1.54) is 0 Å². The molecule has 4 nitrogen and oxygen atoms in total. The Kier molecular flexibility index (Phi) is 2.67. The third kappa shape index (κ3) is 2.34. The van der Waals surface area contributed by atoms with E-state index in [2.05, 4.69) is 4.99 Å². The van der Waals surface area contributed by atoms with Gasteiger partial charge in [-0.1, -0.05) is 12.1 Å². The Morgan fingerprint density at radius 1 is 1.40 bits per heavy atom. The van der Waals surface area contributed by atoms with Gasteiger partial charge in [-0.3, -0.25) is 0 Å². The first kappa shape index (κ1) is 9.71. The number of ether oxygens (including phenoxy) is 2. The lowest BCUT2D eigenvalue weighted by atomic mass is 10.1. The number of benzene rings is 1. The largest absolute Gasteiger partial charge is 0.497 e. The van der Waals surface area contributed by atoms with Crippen molar-refractivity contribution in [1.29, 1.82) is 0 Å². The quantitative estimate of drug-likeness (QED) is 0.756. The van der Waals surface area contributed by atoms with Gasteiger partial charge in [0.2, 0.25) is 0 Å². The molecular weight excluding hydrogens is 194 g/mol. The molecule has 0 bridgehead atoms. The maximum absolute atomic E-state index is 10.7. The number of rotatable bonds is 3. The normalized spacial score (nSPS) is 14.7. The number of nitrogens with zero attached hydrogens (tertiary/aromatic N) is 1. The van der Waals surface area contributed by atoms with Crippen molar-refractivity contribution in [2.75, 3.05) is 13.7 Å². The van der Waals surface area contributed by atoms with Crippen molar-refractivity contribution in [2.45, 2.75) is 6.42 Å². The molecule has 0 atom stereocenters. The Morgan fingerprint density at radius 2 is 2.13 bits per heavy atom. The summed E-state index contributed by atoms with van der Waals surface area (Å²) < 4.78 is 9.76. The highest BCUT2D eigenvalue weighted by atomic mass is 16.6. The zero-order valence-electron chi connectivity index (χ0n) is 8.40. The van der Waals surface area contributed by atoms with Gasteiger partial charge in [0.15, 0.2) is 0 Å². The predicted molar refractivity (Wildman–Crippen MR) is 55.5 cm³/mol. The van der Waals surface area contributed by atoms with Gasteiger partial charge in [-0.2, -0.15) is 4.99 Å². The van der Waals surface area contributed by atoms with Crippen LogP contribution in [0, 0.1) is 0 Å². The van der Waals surface area contributed by atoms with Crippen LogP contribution in [0.1, 0.15) is 5.56 Å². The average Bonchev–Trinajstić information content (AvgIpc) is 2.65. The number of hydrogen-bond acceptors (Lipinski definition) is 3. The molecule has 4 heteroatoms. The molecular formula is C11H11NO3. The minimum atomic E-state index is -0.487. The molecule has 1 aliphatic rings. The molecule has 0 aliphatic carbocycles. The highest BCUT2D eigenvalue weighted by molar-refractivity contribution is 5.99. The minimum Gasteiger partial charge on any atom is -0.497 e. The molecule has 0 unspecified atom stereocenters. The van der Waals surface area contributed by atoms with Crippen LogP contribution in [0.4, 0.5) is 4.79 Å². The Balaban J connectivity index is 2.05. The van der Waals surface area contributed by atoms with E-state index in [1.54, 1.807) is 7.11 Å². The van der Waals surface area contributed by atoms with E-state index in [-0.39, 0.29) is 0 Å². The Bertz CT molecular complexity index is 395. The van der Waals surface area contributed by atoms with Crippen molar-refractivity contribution in [2.24, 2.45) is 4.99 Å². The number of carbonyl (C=O) groups excluding carboxylic acids is 1. The lowest BCUT2D eigenvalue weighted by Crippen LogP contribution is -2.04. The summed E-state index contributed by atoms with van der Waals surface area (Å²) in [6.07, 6.45) is 0.161. The van der Waals surface area contributed by atoms with Crippen LogP contribution in [0.25, 0.3) is 0 Å². The average molecular weight is 205 g/mol. The standard InChI is InChI=1S/C11H11NO3/c1-14-10-4-2-8(3-5-10)6-9-7-15-11(13)12-9/h2-5H,6-7H2,1H3. The Hall–Kier alpha value is -1.84. The maximum Gasteiger partial charge on any atom is 0.434 e. The fraction of sp³-hybridized carbons (Fsp3) is 0.273. The third-order valence-corrected chi connectivity index (χ3v) is 2.18. The van der Waals surface area contributed by atoms with Crippen molar-refractivity contribution in [1.82, 2.24) is 0 Å². The molecule has 15 heavy (non-hydrogen) atoms. The van der Waals surface area contributed by atoms with Crippen LogP contribution in [0.2, 0.25) is 0 Å². The first-order valence-electron chi connectivity index (χ1n) is 4.64. The van der Waals surface area contributed by atoms with Crippen molar-refractivity contribution < 1.29 is 14.3 Å². The molecule has 1 heterocycles. The summed E-state index contributed by atoms with van der Waals surface area (Å²) in [5, 5.41) is 0. The summed E-state index contributed by atoms with van der Waals surface area (Å²) in [7, 11) is 1.63. The summed E-state index contributed by atoms with van der Waals surface area (Å²) in [4.78, 5) is 14.5. The molecule has 2 rings (SSSR count). The smallest absolute Gasteiger partial charge is 0.434 e. The summed E-state index contributed by atoms with van der Waals surface area (Å²) in [6, 6.07) is 7.66. The van der Waals surface area contributed by atoms with Gasteiger partial charge in [-0.25, -0.2) is 4.79 Å². The van der Waals surface area contributed by atoms with Crippen LogP contribution in [0.5, 0.6) is 5.75 Å². The molecule has 0 aromatic heterocycles. The summed E-state index contributed by atoms with van der Waals surface area (Å²) in [5.41, 5.74) is 1.86. The van der Waals surface area contributed by atoms with Crippen molar-refractivity contribution in [3.05, 3.63) is 29.8 Å². The lowest BCUT2D eigenvalue weighted by Gasteiger charge is -2.02. The highest BCUT2D eigenvalue weighted by Crippen LogP contribution is 2.13. The van der Waals surface area contributed by atoms with E-state index in [4.69, 9.17) is 9.47 Å². The number of carbonyl (C=O) groups is 1. The number of cyclic esters (lactones) is 1. The molecule has 0 saturated carbocycles. The van der Waals surface area contributed by atoms with Crippen LogP contribution in [-0.2, 0) is 11.2 Å². The first-order valence-corrected chi connectivity index (χ1v) is 4.64. The fourth-order valence-corrected chi connectivity index (χ4v) is 1.41. The molecule has 1 aromatic rings. The van der Waals surface area contributed by atoms with E-state index in [1.807, 2.05) is 24.3 Å². The monoisotopic (exact) mass is 205 g/mol. The summed E-state index contributed by atoms with van der Waals surface area (Å²) >= 11 is 0. The Labute approximate surface area is 87.5 Å². The summed E-state index contributed by atoms with van der Waals surface area (Å²) in [5.74, 6) is 0.819. The zero-order valence-corrected chi connectivity index (χ0v) is 8.40. The molecule has 0 saturated heterocycles. The van der Waals surface area contributed by atoms with E-state index < -0.39 is 6.09 Å². The van der Waals surface area contributed by atoms with E-state index >= 15 is 0 Å². The van der Waals surface area contributed by atoms with Crippen molar-refractivity contribution >= 4 is 11.8 Å². The van der Waals surface area contributed by atoms with Gasteiger partial charge in [0.05, 0.1) is 12.8 Å². The van der Waals surface area contributed by atoms with Gasteiger partial charge in [0.1, 0.15) is 12.4 Å². The van der Waals surface area contributed by atoms with Crippen LogP contribution in [0.15, 0.2) is 29.3 Å². The molecule has 0 radical (unpaired) electrons. The number of amides is 1. The third-order valence-electron chi connectivity index (χ3n) is 2.18. The lowest BCUT2D eigenvalue weighted by molar-refractivity contribution is 0.181. The van der Waals surface area contributed by atoms with Gasteiger partial charge < -0.3 is 9.47 Å². The maximum atomic E-state index is 10.7. The van der Waals surface area contributed by atoms with Crippen LogP contribution < -0.4 is 4.74 Å². The number of methoxy groups -OCH3 is 1. The summed E-state index contributed by atoms with van der Waals surface area (Å²) in [6.45, 7) is 0.310. The van der Waals surface area contributed by atoms with Crippen LogP contribution in [-0.4, -0.2) is 25.5 Å². The van der Waals surface area contributed by atoms with Gasteiger partial charge in [-0.15, -0.1) is 0 Å². The number of hydrogen-bond donors (Lipinski definition) is 0. The predicted octanol–water partition coefficient (Wildman–Crippen LogP) is 1.83. The van der Waals surface area contributed by atoms with E-state index in [0.717, 1.165) is 17.0 Å². The van der Waals surface area contributed by atoms with Crippen LogP contribution >= 0.6 is 0 Å². The first-order chi connectivity index (χ1) is 7.28. The van der Waals surface area contributed by atoms with E-state index in [9.17, 15) is 4.79 Å². The molecule has 0 spiro atoms. The molecule has 1 aliphatic heterocycles. The second-order valence-corrected chi connectivity index (χ2v) is 3.26. The topological polar surface area (TPSA) is 47.9 Å². The molecule has 0 fully saturated rings. The van der Waals surface area contributed by atoms with Crippen LogP contribution in [0.3, 0.4) is 0 Å². The zero-order chi connectivity index (χ0) is 10.7. The second kappa shape index (κ2) is 4.13. The van der Waals surface area contributed by atoms with Crippen molar-refractivity contribution in [3.63, 3.8) is 0 Å². The minimum absolute atomic E-state index is 0.310. The van der Waals surface area contributed by atoms with E-state index in [0.29, 0.717) is 13.0 Å². The van der Waals surface area contributed by atoms with Gasteiger partial charge in [0.25, 0.3) is 0 Å². The number of aliphatic imine (C=N–C) groups is 1. The molecule has 1 aromatic carbocycles. The van der Waals surface area contributed by atoms with Gasteiger partial charge in [-0.05, 0) is 17.7 Å². The van der Waals surface area contributed by atoms with Crippen molar-refractivity contribution in [3.8, 4) is 5.75 Å². The second-order valence-electron chi connectivity index (χ2n) is 3.26. The van der Waals surface area contributed by atoms with Gasteiger partial charge >= 0.3 is 6.09 Å². The Morgan fingerprint density at radius 3 is 2.67 bits per heavy atom.